The van der Waals surface area contributed by atoms with Gasteiger partial charge in [0, 0.05) is 25.2 Å². The molecule has 208 valence electrons. The molecular formula is C27H37ClN4O4S2. The maximum atomic E-state index is 13.7. The van der Waals surface area contributed by atoms with Crippen molar-refractivity contribution in [3.8, 4) is 0 Å². The molecule has 3 aromatic rings. The topological polar surface area (TPSA) is 83.1 Å². The predicted octanol–water partition coefficient (Wildman–Crippen LogP) is 4.73. The van der Waals surface area contributed by atoms with Gasteiger partial charge < -0.3 is 9.64 Å². The molecule has 1 amide bonds. The lowest BCUT2D eigenvalue weighted by atomic mass is 10.1. The summed E-state index contributed by atoms with van der Waals surface area (Å²) in [4.78, 5) is 22.5. The van der Waals surface area contributed by atoms with Crippen molar-refractivity contribution in [3.05, 3.63) is 53.1 Å². The Morgan fingerprint density at radius 2 is 1.71 bits per heavy atom. The van der Waals surface area contributed by atoms with Crippen LogP contribution >= 0.6 is 23.7 Å². The zero-order chi connectivity index (χ0) is 26.9. The molecule has 1 aromatic heterocycles. The van der Waals surface area contributed by atoms with Gasteiger partial charge in [-0.25, -0.2) is 13.4 Å². The Morgan fingerprint density at radius 3 is 2.32 bits per heavy atom. The number of nitrogens with zero attached hydrogens (tertiary/aromatic N) is 4. The number of carbonyl (C=O) groups excluding carboxylic acids is 1. The number of anilines is 1. The van der Waals surface area contributed by atoms with Crippen LogP contribution < -0.4 is 4.90 Å². The van der Waals surface area contributed by atoms with Gasteiger partial charge in [0.05, 0.1) is 27.3 Å². The molecule has 2 aromatic carbocycles. The molecule has 0 radical (unpaired) electrons. The van der Waals surface area contributed by atoms with Gasteiger partial charge in [0.15, 0.2) is 5.13 Å². The Kier molecular flexibility index (Phi) is 9.94. The minimum absolute atomic E-state index is 0. The van der Waals surface area contributed by atoms with Crippen molar-refractivity contribution in [3.63, 3.8) is 0 Å². The third kappa shape index (κ3) is 6.73. The zero-order valence-electron chi connectivity index (χ0n) is 22.8. The summed E-state index contributed by atoms with van der Waals surface area (Å²) in [5, 5.41) is 0.653. The summed E-state index contributed by atoms with van der Waals surface area (Å²) in [6, 6.07) is 10.4. The van der Waals surface area contributed by atoms with Crippen LogP contribution in [-0.2, 0) is 14.8 Å². The van der Waals surface area contributed by atoms with Crippen molar-refractivity contribution in [2.24, 2.45) is 0 Å². The number of thiazole rings is 1. The van der Waals surface area contributed by atoms with Crippen LogP contribution in [0.3, 0.4) is 0 Å². The number of hydrogen-bond donors (Lipinski definition) is 0. The second kappa shape index (κ2) is 12.4. The van der Waals surface area contributed by atoms with Gasteiger partial charge in [-0.15, -0.1) is 12.4 Å². The van der Waals surface area contributed by atoms with E-state index < -0.39 is 10.0 Å². The fourth-order valence-electron chi connectivity index (χ4n) is 4.70. The van der Waals surface area contributed by atoms with Gasteiger partial charge in [-0.2, -0.15) is 4.31 Å². The van der Waals surface area contributed by atoms with Crippen molar-refractivity contribution >= 4 is 55.0 Å². The molecule has 0 N–H and O–H groups in total. The van der Waals surface area contributed by atoms with Gasteiger partial charge in [0.1, 0.15) is 0 Å². The molecule has 2 atom stereocenters. The van der Waals surface area contributed by atoms with Crippen LogP contribution in [-0.4, -0.2) is 81.0 Å². The molecule has 1 aliphatic rings. The number of ether oxygens (including phenoxy) is 1. The van der Waals surface area contributed by atoms with E-state index in [1.54, 1.807) is 17.0 Å². The molecule has 11 heteroatoms. The molecule has 1 saturated heterocycles. The van der Waals surface area contributed by atoms with Crippen LogP contribution in [0.15, 0.2) is 41.3 Å². The first kappa shape index (κ1) is 30.5. The number of aromatic nitrogens is 1. The maximum absolute atomic E-state index is 13.7. The number of halogens is 1. The highest BCUT2D eigenvalue weighted by atomic mass is 35.5. The molecule has 0 spiro atoms. The maximum Gasteiger partial charge on any atom is 0.260 e. The Balaban J connectivity index is 0.00000400. The molecule has 0 bridgehead atoms. The minimum atomic E-state index is -3.68. The average molecular weight is 581 g/mol. The van der Waals surface area contributed by atoms with Crippen LogP contribution in [0, 0.1) is 13.8 Å². The Morgan fingerprint density at radius 1 is 1.08 bits per heavy atom. The summed E-state index contributed by atoms with van der Waals surface area (Å²) in [6.07, 6.45) is 0.444. The Hall–Kier alpha value is -2.08. The second-order valence-corrected chi connectivity index (χ2v) is 13.1. The summed E-state index contributed by atoms with van der Waals surface area (Å²) in [6.45, 7) is 9.79. The number of carbonyl (C=O) groups is 1. The Labute approximate surface area is 236 Å². The highest BCUT2D eigenvalue weighted by molar-refractivity contribution is 7.89. The molecule has 0 aliphatic carbocycles. The number of rotatable bonds is 8. The highest BCUT2D eigenvalue weighted by Gasteiger charge is 2.32. The van der Waals surface area contributed by atoms with Crippen LogP contribution in [0.5, 0.6) is 0 Å². The molecular weight excluding hydrogens is 544 g/mol. The van der Waals surface area contributed by atoms with Crippen molar-refractivity contribution < 1.29 is 17.9 Å². The number of amides is 1. The lowest BCUT2D eigenvalue weighted by Crippen LogP contribution is -2.48. The smallest absolute Gasteiger partial charge is 0.260 e. The lowest BCUT2D eigenvalue weighted by Gasteiger charge is -2.34. The fraction of sp³-hybridized carbons (Fsp3) is 0.481. The van der Waals surface area contributed by atoms with Gasteiger partial charge in [-0.3, -0.25) is 9.69 Å². The number of sulfonamides is 1. The normalized spacial score (nSPS) is 18.5. The standard InChI is InChI=1S/C27H36N4O4S2.ClH/c1-18-14-19(2)25-24(15-18)36-27(28-25)31(13-7-12-29(5)6)26(32)22-8-10-23(11-9-22)37(33,34)30-16-20(3)35-21(4)17-30;/h8-11,14-15,20-21H,7,12-13,16-17H2,1-6H3;1H. The number of morpholine rings is 1. The van der Waals surface area contributed by atoms with E-state index in [4.69, 9.17) is 9.72 Å². The largest absolute Gasteiger partial charge is 0.373 e. The van der Waals surface area contributed by atoms with Crippen LogP contribution in [0.1, 0.15) is 41.8 Å². The molecule has 0 saturated carbocycles. The van der Waals surface area contributed by atoms with Gasteiger partial charge >= 0.3 is 0 Å². The number of benzene rings is 2. The van der Waals surface area contributed by atoms with Gasteiger partial charge in [-0.1, -0.05) is 17.4 Å². The van der Waals surface area contributed by atoms with E-state index in [1.165, 1.54) is 27.8 Å². The summed E-state index contributed by atoms with van der Waals surface area (Å²) < 4.78 is 34.7. The van der Waals surface area contributed by atoms with Crippen LogP contribution in [0.2, 0.25) is 0 Å². The van der Waals surface area contributed by atoms with E-state index in [1.807, 2.05) is 34.9 Å². The van der Waals surface area contributed by atoms with E-state index in [2.05, 4.69) is 24.0 Å². The lowest BCUT2D eigenvalue weighted by molar-refractivity contribution is -0.0440. The minimum Gasteiger partial charge on any atom is -0.373 e. The quantitative estimate of drug-likeness (QED) is 0.383. The third-order valence-corrected chi connectivity index (χ3v) is 9.28. The van der Waals surface area contributed by atoms with Crippen molar-refractivity contribution in [2.45, 2.75) is 51.2 Å². The van der Waals surface area contributed by atoms with Gasteiger partial charge in [-0.05, 0) is 96.2 Å². The molecule has 1 aliphatic heterocycles. The summed E-state index contributed by atoms with van der Waals surface area (Å²) in [5.74, 6) is -0.190. The first-order valence-electron chi connectivity index (χ1n) is 12.6. The molecule has 2 heterocycles. The van der Waals surface area contributed by atoms with Gasteiger partial charge in [0.2, 0.25) is 10.0 Å². The first-order valence-corrected chi connectivity index (χ1v) is 14.8. The predicted molar refractivity (Wildman–Crippen MR) is 156 cm³/mol. The second-order valence-electron chi connectivity index (χ2n) is 10.1. The highest BCUT2D eigenvalue weighted by Crippen LogP contribution is 2.33. The van der Waals surface area contributed by atoms with Crippen molar-refractivity contribution in [2.75, 3.05) is 45.2 Å². The molecule has 4 rings (SSSR count). The summed E-state index contributed by atoms with van der Waals surface area (Å²) >= 11 is 1.51. The number of hydrogen-bond acceptors (Lipinski definition) is 7. The average Bonchev–Trinajstić information content (AvgIpc) is 3.25. The van der Waals surface area contributed by atoms with E-state index >= 15 is 0 Å². The Bertz CT molecular complexity index is 1370. The summed E-state index contributed by atoms with van der Waals surface area (Å²) in [5.41, 5.74) is 3.58. The van der Waals surface area contributed by atoms with E-state index in [0.29, 0.717) is 30.3 Å². The number of fused-ring (bicyclic) bond motifs is 1. The SMILES string of the molecule is Cc1cc(C)c2nc(N(CCCN(C)C)C(=O)c3ccc(S(=O)(=O)N4CC(C)OC(C)C4)cc3)sc2c1.Cl. The monoisotopic (exact) mass is 580 g/mol. The molecule has 38 heavy (non-hydrogen) atoms. The molecule has 1 fully saturated rings. The van der Waals surface area contributed by atoms with Gasteiger partial charge in [0.25, 0.3) is 5.91 Å². The van der Waals surface area contributed by atoms with E-state index in [9.17, 15) is 13.2 Å². The third-order valence-electron chi connectivity index (χ3n) is 6.41. The molecule has 8 nitrogen and oxygen atoms in total. The van der Waals surface area contributed by atoms with Crippen LogP contribution in [0.25, 0.3) is 10.2 Å². The van der Waals surface area contributed by atoms with Crippen molar-refractivity contribution in [1.29, 1.82) is 0 Å². The van der Waals surface area contributed by atoms with Crippen molar-refractivity contribution in [1.82, 2.24) is 14.2 Å². The zero-order valence-corrected chi connectivity index (χ0v) is 25.3. The van der Waals surface area contributed by atoms with E-state index in [0.717, 1.165) is 34.3 Å². The summed E-state index contributed by atoms with van der Waals surface area (Å²) in [7, 11) is 0.330. The first-order chi connectivity index (χ1) is 17.5. The van der Waals surface area contributed by atoms with Crippen LogP contribution in [0.4, 0.5) is 5.13 Å². The number of aryl methyl sites for hydroxylation is 2. The molecule has 2 unspecified atom stereocenters. The van der Waals surface area contributed by atoms with E-state index in [-0.39, 0.29) is 35.4 Å². The fourth-order valence-corrected chi connectivity index (χ4v) is 7.46.